The van der Waals surface area contributed by atoms with E-state index in [0.29, 0.717) is 0 Å². The molecule has 0 bridgehead atoms. The van der Waals surface area contributed by atoms with Crippen molar-refractivity contribution in [2.24, 2.45) is 0 Å². The highest BCUT2D eigenvalue weighted by atomic mass is 32.2. The number of nitrogens with one attached hydrogen (secondary N) is 3. The molecule has 1 saturated heterocycles. The molecule has 0 saturated carbocycles. The number of benzene rings is 1. The molecular formula is C7H9N3S. The van der Waals surface area contributed by atoms with Gasteiger partial charge in [0.2, 0.25) is 0 Å². The maximum absolute atomic E-state index is 3.17. The molecule has 4 heteroatoms. The summed E-state index contributed by atoms with van der Waals surface area (Å²) in [4.78, 5) is 2.93. The summed E-state index contributed by atoms with van der Waals surface area (Å²) < 4.78 is 3.17. The number of hydrogen-bond donors (Lipinski definition) is 3. The second kappa shape index (κ2) is 3.23. The Hall–Kier alpha value is -0.550. The molecule has 3 N–H and O–H groups in total. The van der Waals surface area contributed by atoms with Gasteiger partial charge in [-0.15, -0.1) is 0 Å². The Bertz CT molecular complexity index is 220. The molecule has 1 aliphatic rings. The third-order valence-electron chi connectivity index (χ3n) is 1.56. The molecule has 1 atom stereocenters. The van der Waals surface area contributed by atoms with Crippen molar-refractivity contribution in [2.45, 2.75) is 6.17 Å². The summed E-state index contributed by atoms with van der Waals surface area (Å²) in [5.41, 5.74) is 4.32. The van der Waals surface area contributed by atoms with E-state index in [1.165, 1.54) is 17.7 Å². The Kier molecular flexibility index (Phi) is 2.09. The van der Waals surface area contributed by atoms with E-state index in [-0.39, 0.29) is 6.17 Å². The lowest BCUT2D eigenvalue weighted by molar-refractivity contribution is 0.555. The van der Waals surface area contributed by atoms with Crippen LogP contribution in [0.25, 0.3) is 0 Å². The largest absolute Gasteiger partial charge is 0.228 e. The molecule has 1 heterocycles. The minimum Gasteiger partial charge on any atom is -0.228 e. The van der Waals surface area contributed by atoms with Crippen LogP contribution in [0.1, 0.15) is 11.7 Å². The van der Waals surface area contributed by atoms with Gasteiger partial charge in [0.05, 0.1) is 0 Å². The van der Waals surface area contributed by atoms with E-state index in [1.807, 2.05) is 18.2 Å². The predicted molar refractivity (Wildman–Crippen MR) is 46.2 cm³/mol. The van der Waals surface area contributed by atoms with Crippen molar-refractivity contribution < 1.29 is 0 Å². The number of hydrogen-bond acceptors (Lipinski definition) is 4. The molecule has 1 aromatic carbocycles. The van der Waals surface area contributed by atoms with Crippen molar-refractivity contribution >= 4 is 12.1 Å². The summed E-state index contributed by atoms with van der Waals surface area (Å²) >= 11 is 1.47. The van der Waals surface area contributed by atoms with E-state index < -0.39 is 0 Å². The minimum absolute atomic E-state index is 0.223. The lowest BCUT2D eigenvalue weighted by Crippen LogP contribution is -2.24. The van der Waals surface area contributed by atoms with Crippen molar-refractivity contribution in [3.05, 3.63) is 35.9 Å². The molecule has 0 radical (unpaired) electrons. The number of rotatable bonds is 1. The standard InChI is InChI=1S/C7H9N3S/c1-2-4-6(5-3-1)7-8-10-11-9-7/h1-5,7-10H. The van der Waals surface area contributed by atoms with Crippen LogP contribution in [0.4, 0.5) is 0 Å². The van der Waals surface area contributed by atoms with Crippen LogP contribution in [0.2, 0.25) is 0 Å². The maximum atomic E-state index is 3.17. The second-order valence-corrected chi connectivity index (χ2v) is 2.95. The highest BCUT2D eigenvalue weighted by Gasteiger charge is 2.14. The van der Waals surface area contributed by atoms with Crippen molar-refractivity contribution in [3.63, 3.8) is 0 Å². The van der Waals surface area contributed by atoms with Crippen LogP contribution in [0.3, 0.4) is 0 Å². The predicted octanol–water partition coefficient (Wildman–Crippen LogP) is 0.946. The quantitative estimate of drug-likeness (QED) is 0.544. The maximum Gasteiger partial charge on any atom is 0.107 e. The zero-order chi connectivity index (χ0) is 7.52. The Morgan fingerprint density at radius 3 is 2.64 bits per heavy atom. The number of hydrazine groups is 1. The van der Waals surface area contributed by atoms with Crippen molar-refractivity contribution in [3.8, 4) is 0 Å². The minimum atomic E-state index is 0.223. The summed E-state index contributed by atoms with van der Waals surface area (Å²) in [6.45, 7) is 0. The lowest BCUT2D eigenvalue weighted by Gasteiger charge is -2.07. The van der Waals surface area contributed by atoms with Crippen LogP contribution in [-0.2, 0) is 0 Å². The lowest BCUT2D eigenvalue weighted by atomic mass is 10.2. The average molecular weight is 167 g/mol. The van der Waals surface area contributed by atoms with Gasteiger partial charge >= 0.3 is 0 Å². The van der Waals surface area contributed by atoms with E-state index in [9.17, 15) is 0 Å². The first-order valence-electron chi connectivity index (χ1n) is 3.43. The zero-order valence-corrected chi connectivity index (χ0v) is 6.69. The van der Waals surface area contributed by atoms with Gasteiger partial charge in [0, 0.05) is 12.1 Å². The zero-order valence-electron chi connectivity index (χ0n) is 5.87. The third kappa shape index (κ3) is 1.54. The summed E-state index contributed by atoms with van der Waals surface area (Å²) in [7, 11) is 0. The first kappa shape index (κ1) is 7.12. The van der Waals surface area contributed by atoms with Crippen molar-refractivity contribution in [2.75, 3.05) is 0 Å². The van der Waals surface area contributed by atoms with E-state index in [2.05, 4.69) is 27.1 Å². The van der Waals surface area contributed by atoms with Crippen LogP contribution in [0, 0.1) is 0 Å². The van der Waals surface area contributed by atoms with Crippen LogP contribution in [-0.4, -0.2) is 0 Å². The normalized spacial score (nSPS) is 23.8. The van der Waals surface area contributed by atoms with Gasteiger partial charge in [-0.2, -0.15) is 4.83 Å². The van der Waals surface area contributed by atoms with E-state index in [4.69, 9.17) is 0 Å². The molecular weight excluding hydrogens is 158 g/mol. The molecule has 2 rings (SSSR count). The summed E-state index contributed by atoms with van der Waals surface area (Å²) in [5.74, 6) is 0. The first-order chi connectivity index (χ1) is 5.47. The average Bonchev–Trinajstić information content (AvgIpc) is 2.58. The van der Waals surface area contributed by atoms with Crippen LogP contribution >= 0.6 is 12.1 Å². The molecule has 58 valence electrons. The molecule has 0 aromatic heterocycles. The SMILES string of the molecule is c1ccc(C2NNSN2)cc1. The summed E-state index contributed by atoms with van der Waals surface area (Å²) in [6.07, 6.45) is 0.223. The van der Waals surface area contributed by atoms with Crippen molar-refractivity contribution in [1.29, 1.82) is 0 Å². The Balaban J connectivity index is 2.16. The van der Waals surface area contributed by atoms with Crippen LogP contribution in [0.15, 0.2) is 30.3 Å². The molecule has 1 unspecified atom stereocenters. The molecule has 1 aliphatic heterocycles. The highest BCUT2D eigenvalue weighted by Crippen LogP contribution is 2.14. The Morgan fingerprint density at radius 2 is 2.00 bits per heavy atom. The molecule has 3 nitrogen and oxygen atoms in total. The summed E-state index contributed by atoms with van der Waals surface area (Å²) in [6, 6.07) is 10.2. The van der Waals surface area contributed by atoms with Gasteiger partial charge in [0.15, 0.2) is 0 Å². The molecule has 0 spiro atoms. The first-order valence-corrected chi connectivity index (χ1v) is 4.25. The van der Waals surface area contributed by atoms with Crippen LogP contribution in [0.5, 0.6) is 0 Å². The van der Waals surface area contributed by atoms with E-state index >= 15 is 0 Å². The van der Waals surface area contributed by atoms with Gasteiger partial charge in [-0.1, -0.05) is 30.3 Å². The van der Waals surface area contributed by atoms with Gasteiger partial charge in [0.25, 0.3) is 0 Å². The van der Waals surface area contributed by atoms with E-state index in [0.717, 1.165) is 0 Å². The fraction of sp³-hybridized carbons (Fsp3) is 0.143. The van der Waals surface area contributed by atoms with E-state index in [1.54, 1.807) is 0 Å². The highest BCUT2D eigenvalue weighted by molar-refractivity contribution is 7.95. The molecule has 0 aliphatic carbocycles. The fourth-order valence-electron chi connectivity index (χ4n) is 1.00. The van der Waals surface area contributed by atoms with Gasteiger partial charge in [-0.05, 0) is 5.56 Å². The van der Waals surface area contributed by atoms with Gasteiger partial charge < -0.3 is 0 Å². The Labute approximate surface area is 69.8 Å². The topological polar surface area (TPSA) is 36.1 Å². The Morgan fingerprint density at radius 1 is 1.18 bits per heavy atom. The van der Waals surface area contributed by atoms with Gasteiger partial charge in [-0.3, -0.25) is 0 Å². The van der Waals surface area contributed by atoms with Crippen LogP contribution < -0.4 is 15.0 Å². The van der Waals surface area contributed by atoms with Crippen molar-refractivity contribution in [1.82, 2.24) is 15.0 Å². The molecule has 0 amide bonds. The monoisotopic (exact) mass is 167 g/mol. The molecule has 1 aromatic rings. The smallest absolute Gasteiger partial charge is 0.107 e. The molecule has 1 fully saturated rings. The third-order valence-corrected chi connectivity index (χ3v) is 2.14. The second-order valence-electron chi connectivity index (χ2n) is 2.31. The van der Waals surface area contributed by atoms with Gasteiger partial charge in [0.1, 0.15) is 6.17 Å². The van der Waals surface area contributed by atoms with Gasteiger partial charge in [-0.25, -0.2) is 10.1 Å². The molecule has 11 heavy (non-hydrogen) atoms. The fourth-order valence-corrected chi connectivity index (χ4v) is 1.55. The summed E-state index contributed by atoms with van der Waals surface area (Å²) in [5, 5.41) is 0.